The molecule has 0 aliphatic heterocycles. The number of halogens is 1. The van der Waals surface area contributed by atoms with E-state index in [2.05, 4.69) is 30.8 Å². The summed E-state index contributed by atoms with van der Waals surface area (Å²) in [5.41, 5.74) is 2.63. The van der Waals surface area contributed by atoms with Crippen LogP contribution in [0, 0.1) is 12.7 Å². The molecule has 5 rings (SSSR count). The minimum Gasteiger partial charge on any atom is -0.464 e. The number of hydrogen-bond donors (Lipinski definition) is 1. The molecule has 3 heterocycles. The van der Waals surface area contributed by atoms with E-state index in [0.29, 0.717) is 28.7 Å². The van der Waals surface area contributed by atoms with Gasteiger partial charge in [-0.05, 0) is 66.9 Å². The first-order valence-corrected chi connectivity index (χ1v) is 11.8. The van der Waals surface area contributed by atoms with Crippen LogP contribution in [-0.4, -0.2) is 53.2 Å². The average Bonchev–Trinajstić information content (AvgIpc) is 3.38. The van der Waals surface area contributed by atoms with Gasteiger partial charge in [0.1, 0.15) is 23.9 Å². The smallest absolute Gasteiger partial charge is 0.302 e. The van der Waals surface area contributed by atoms with Crippen molar-refractivity contribution in [3.8, 4) is 17.2 Å². The van der Waals surface area contributed by atoms with Crippen molar-refractivity contribution in [2.45, 2.75) is 45.6 Å². The predicted octanol–water partition coefficient (Wildman–Crippen LogP) is 3.62. The Balaban J connectivity index is 1.37. The third-order valence-corrected chi connectivity index (χ3v) is 6.06. The van der Waals surface area contributed by atoms with Gasteiger partial charge in [-0.1, -0.05) is 6.07 Å². The number of nitrogens with zero attached hydrogens (tertiary/aromatic N) is 7. The van der Waals surface area contributed by atoms with Crippen LogP contribution in [0.25, 0.3) is 17.2 Å². The maximum absolute atomic E-state index is 14.8. The zero-order chi connectivity index (χ0) is 26.1. The summed E-state index contributed by atoms with van der Waals surface area (Å²) >= 11 is 0. The van der Waals surface area contributed by atoms with E-state index in [4.69, 9.17) is 4.74 Å². The van der Waals surface area contributed by atoms with Crippen LogP contribution in [0.2, 0.25) is 0 Å². The van der Waals surface area contributed by atoms with Gasteiger partial charge in [-0.25, -0.2) is 19.0 Å². The van der Waals surface area contributed by atoms with Crippen molar-refractivity contribution >= 4 is 17.7 Å². The Morgan fingerprint density at radius 1 is 1.27 bits per heavy atom. The second-order valence-electron chi connectivity index (χ2n) is 9.06. The number of anilines is 1. The van der Waals surface area contributed by atoms with E-state index in [1.54, 1.807) is 38.4 Å². The highest BCUT2D eigenvalue weighted by molar-refractivity contribution is 6.04. The Kier molecular flexibility index (Phi) is 6.47. The first-order valence-electron chi connectivity index (χ1n) is 11.8. The molecule has 1 aliphatic carbocycles. The zero-order valence-corrected chi connectivity index (χ0v) is 20.6. The van der Waals surface area contributed by atoms with E-state index in [1.165, 1.54) is 23.7 Å². The predicted molar refractivity (Wildman–Crippen MR) is 131 cm³/mol. The lowest BCUT2D eigenvalue weighted by Gasteiger charge is -2.13. The summed E-state index contributed by atoms with van der Waals surface area (Å²) in [5, 5.41) is 14.3. The number of hydrogen-bond acceptors (Lipinski definition) is 8. The topological polar surface area (TPSA) is 130 Å². The third kappa shape index (κ3) is 5.22. The number of tetrazole rings is 1. The zero-order valence-electron chi connectivity index (χ0n) is 20.6. The van der Waals surface area contributed by atoms with Gasteiger partial charge >= 0.3 is 5.97 Å². The van der Waals surface area contributed by atoms with Crippen molar-refractivity contribution in [1.29, 1.82) is 0 Å². The Bertz CT molecular complexity index is 1480. The minimum atomic E-state index is -0.645. The third-order valence-electron chi connectivity index (χ3n) is 6.06. The molecule has 11 nitrogen and oxygen atoms in total. The molecule has 1 aliphatic rings. The number of ether oxygens (including phenoxy) is 1. The molecule has 0 spiro atoms. The van der Waals surface area contributed by atoms with E-state index in [1.807, 2.05) is 10.8 Å². The molecular weight excluding hydrogens is 479 g/mol. The fourth-order valence-corrected chi connectivity index (χ4v) is 3.95. The Labute approximate surface area is 211 Å². The fraction of sp³-hybridized carbons (Fsp3) is 0.320. The van der Waals surface area contributed by atoms with Gasteiger partial charge in [0, 0.05) is 19.0 Å². The van der Waals surface area contributed by atoms with Crippen LogP contribution in [0.4, 0.5) is 10.2 Å². The minimum absolute atomic E-state index is 0.0812. The highest BCUT2D eigenvalue weighted by Crippen LogP contribution is 2.39. The summed E-state index contributed by atoms with van der Waals surface area (Å²) in [6, 6.07) is 7.44. The van der Waals surface area contributed by atoms with Crippen LogP contribution in [-0.2, 0) is 9.53 Å². The van der Waals surface area contributed by atoms with Gasteiger partial charge in [0.2, 0.25) is 5.82 Å². The first kappa shape index (κ1) is 24.2. The van der Waals surface area contributed by atoms with E-state index in [-0.39, 0.29) is 24.0 Å². The molecule has 1 unspecified atom stereocenters. The molecule has 1 aromatic carbocycles. The fourth-order valence-electron chi connectivity index (χ4n) is 3.95. The van der Waals surface area contributed by atoms with Crippen LogP contribution in [0.5, 0.6) is 0 Å². The van der Waals surface area contributed by atoms with E-state index in [9.17, 15) is 14.0 Å². The van der Waals surface area contributed by atoms with E-state index in [0.717, 1.165) is 18.5 Å². The van der Waals surface area contributed by atoms with Gasteiger partial charge in [0.25, 0.3) is 5.91 Å². The van der Waals surface area contributed by atoms with Gasteiger partial charge in [0.15, 0.2) is 0 Å². The lowest BCUT2D eigenvalue weighted by molar-refractivity contribution is -0.142. The van der Waals surface area contributed by atoms with Crippen molar-refractivity contribution in [3.05, 3.63) is 65.5 Å². The average molecular weight is 505 g/mol. The molecule has 1 fully saturated rings. The monoisotopic (exact) mass is 504 g/mol. The Morgan fingerprint density at radius 3 is 2.84 bits per heavy atom. The summed E-state index contributed by atoms with van der Waals surface area (Å²) in [6.45, 7) is 4.98. The van der Waals surface area contributed by atoms with Gasteiger partial charge in [-0.2, -0.15) is 0 Å². The van der Waals surface area contributed by atoms with Crippen LogP contribution < -0.4 is 5.32 Å². The molecule has 0 radical (unpaired) electrons. The molecule has 1 atom stereocenters. The summed E-state index contributed by atoms with van der Waals surface area (Å²) in [6.07, 6.45) is 5.86. The normalized spacial score (nSPS) is 13.8. The highest BCUT2D eigenvalue weighted by Gasteiger charge is 2.26. The number of amides is 1. The van der Waals surface area contributed by atoms with Crippen molar-refractivity contribution in [3.63, 3.8) is 0 Å². The second-order valence-corrected chi connectivity index (χ2v) is 9.06. The van der Waals surface area contributed by atoms with E-state index < -0.39 is 17.7 Å². The molecule has 1 saturated carbocycles. The first-order chi connectivity index (χ1) is 17.8. The van der Waals surface area contributed by atoms with Crippen LogP contribution in [0.15, 0.2) is 42.9 Å². The number of carbonyl (C=O) groups excluding carboxylic acids is 2. The molecule has 1 amide bonds. The lowest BCUT2D eigenvalue weighted by Crippen LogP contribution is -2.18. The number of esters is 1. The molecule has 12 heteroatoms. The number of pyridine rings is 1. The van der Waals surface area contributed by atoms with Crippen LogP contribution in [0.3, 0.4) is 0 Å². The molecule has 190 valence electrons. The number of nitrogens with one attached hydrogen (secondary N) is 1. The van der Waals surface area contributed by atoms with E-state index >= 15 is 0 Å². The standard InChI is InChI=1S/C25H25FN8O3/c1-14-9-19(26)18(10-22(14)33-11-21(27-13-33)17-7-8-17)25(36)29-23-6-4-5-20(28-23)24-30-31-32-34(24)15(2)12-37-16(3)35/h4-6,9-11,13,15,17H,7-8,12H2,1-3H3,(H,28,29,36). The SMILES string of the molecule is CC(=O)OCC(C)n1nnnc1-c1cccc(NC(=O)c2cc(-n3cnc(C4CC4)c3)c(C)cc2F)n1. The lowest BCUT2D eigenvalue weighted by atomic mass is 10.1. The molecule has 4 aromatic rings. The molecule has 0 saturated heterocycles. The summed E-state index contributed by atoms with van der Waals surface area (Å²) in [5.74, 6) is -0.689. The molecule has 1 N–H and O–H groups in total. The number of aromatic nitrogens is 7. The summed E-state index contributed by atoms with van der Waals surface area (Å²) in [7, 11) is 0. The van der Waals surface area contributed by atoms with Gasteiger partial charge < -0.3 is 14.6 Å². The molecular formula is C25H25FN8O3. The molecule has 37 heavy (non-hydrogen) atoms. The number of carbonyl (C=O) groups is 2. The number of benzene rings is 1. The largest absolute Gasteiger partial charge is 0.464 e. The maximum atomic E-state index is 14.8. The second kappa shape index (κ2) is 9.88. The Hall–Kier alpha value is -4.48. The van der Waals surface area contributed by atoms with Crippen LogP contribution >= 0.6 is 0 Å². The summed E-state index contributed by atoms with van der Waals surface area (Å²) in [4.78, 5) is 33.1. The molecule has 0 bridgehead atoms. The highest BCUT2D eigenvalue weighted by atomic mass is 19.1. The quantitative estimate of drug-likeness (QED) is 0.360. The number of aryl methyl sites for hydroxylation is 1. The maximum Gasteiger partial charge on any atom is 0.302 e. The van der Waals surface area contributed by atoms with Gasteiger partial charge in [-0.3, -0.25) is 9.59 Å². The molecule has 3 aromatic heterocycles. The number of imidazole rings is 1. The van der Waals surface area contributed by atoms with Crippen LogP contribution in [0.1, 0.15) is 60.3 Å². The Morgan fingerprint density at radius 2 is 2.08 bits per heavy atom. The van der Waals surface area contributed by atoms with Crippen molar-refractivity contribution < 1.29 is 18.7 Å². The summed E-state index contributed by atoms with van der Waals surface area (Å²) < 4.78 is 23.2. The van der Waals surface area contributed by atoms with Gasteiger partial charge in [0.05, 0.1) is 29.3 Å². The number of rotatable bonds is 8. The van der Waals surface area contributed by atoms with Crippen molar-refractivity contribution in [1.82, 2.24) is 34.7 Å². The van der Waals surface area contributed by atoms with Crippen molar-refractivity contribution in [2.75, 3.05) is 11.9 Å². The van der Waals surface area contributed by atoms with Gasteiger partial charge in [-0.15, -0.1) is 5.10 Å². The van der Waals surface area contributed by atoms with Crippen molar-refractivity contribution in [2.24, 2.45) is 0 Å².